The van der Waals surface area contributed by atoms with Gasteiger partial charge in [-0.25, -0.2) is 15.0 Å². The van der Waals surface area contributed by atoms with Crippen molar-refractivity contribution >= 4 is 40.1 Å². The van der Waals surface area contributed by atoms with Gasteiger partial charge in [-0.2, -0.15) is 5.10 Å². The maximum atomic E-state index is 13.2. The minimum atomic E-state index is -0.200. The van der Waals surface area contributed by atoms with Crippen LogP contribution >= 0.6 is 23.4 Å². The van der Waals surface area contributed by atoms with Gasteiger partial charge < -0.3 is 9.64 Å². The number of rotatable bonds is 5. The fourth-order valence-electron chi connectivity index (χ4n) is 5.34. The number of ether oxygens (including phenoxy) is 1. The lowest BCUT2D eigenvalue weighted by molar-refractivity contribution is 0.0976. The van der Waals surface area contributed by atoms with Crippen molar-refractivity contribution in [2.75, 3.05) is 24.6 Å². The van der Waals surface area contributed by atoms with Gasteiger partial charge in [-0.15, -0.1) is 0 Å². The Morgan fingerprint density at radius 3 is 2.68 bits per heavy atom. The number of anilines is 1. The Morgan fingerprint density at radius 2 is 2.00 bits per heavy atom. The number of benzene rings is 1. The molecule has 4 aromatic rings. The molecule has 0 amide bonds. The van der Waals surface area contributed by atoms with E-state index in [0.717, 1.165) is 55.4 Å². The number of hydrogen-bond donors (Lipinski definition) is 0. The molecular weight excluding hydrogens is 510 g/mol. The summed E-state index contributed by atoms with van der Waals surface area (Å²) in [5.74, 6) is 0.886. The summed E-state index contributed by atoms with van der Waals surface area (Å²) < 4.78 is 9.08. The fourth-order valence-corrected chi connectivity index (χ4v) is 6.46. The smallest absolute Gasteiger partial charge is 0.263 e. The van der Waals surface area contributed by atoms with Gasteiger partial charge in [0.15, 0.2) is 0 Å². The predicted octanol–water partition coefficient (Wildman–Crippen LogP) is 4.17. The lowest BCUT2D eigenvalue weighted by atomic mass is 9.77. The average molecular weight is 538 g/mol. The summed E-state index contributed by atoms with van der Waals surface area (Å²) in [5.41, 5.74) is 1.46. The highest BCUT2D eigenvalue weighted by Crippen LogP contribution is 2.42. The van der Waals surface area contributed by atoms with Crippen molar-refractivity contribution in [2.45, 2.75) is 48.8 Å². The van der Waals surface area contributed by atoms with Crippen LogP contribution in [0.1, 0.15) is 31.9 Å². The first-order valence-electron chi connectivity index (χ1n) is 12.4. The molecule has 1 spiro atoms. The van der Waals surface area contributed by atoms with Gasteiger partial charge in [0.2, 0.25) is 0 Å². The molecule has 1 atom stereocenters. The molecule has 0 unspecified atom stereocenters. The molecule has 2 fully saturated rings. The quantitative estimate of drug-likeness (QED) is 0.375. The highest BCUT2D eigenvalue weighted by molar-refractivity contribution is 7.99. The SMILES string of the molecule is C[C@H]1CC2(CCN(c3cnc(Sc4ccc5ncn(Cc6ccn(C)n6)c(=O)c5c4Cl)cn3)CC2)CO1. The van der Waals surface area contributed by atoms with Gasteiger partial charge in [-0.3, -0.25) is 14.0 Å². The Labute approximate surface area is 223 Å². The fraction of sp³-hybridized carbons (Fsp3) is 0.423. The van der Waals surface area contributed by atoms with E-state index >= 15 is 0 Å². The molecule has 2 saturated heterocycles. The van der Waals surface area contributed by atoms with E-state index in [9.17, 15) is 4.79 Å². The summed E-state index contributed by atoms with van der Waals surface area (Å²) in [6.07, 6.45) is 10.7. The van der Waals surface area contributed by atoms with Crippen molar-refractivity contribution in [1.82, 2.24) is 29.3 Å². The Hall–Kier alpha value is -2.95. The zero-order valence-electron chi connectivity index (χ0n) is 20.8. The standard InChI is InChI=1S/C26H28ClN7O2S/c1-17-11-26(15-36-17)6-9-33(10-7-26)21-12-29-22(13-28-21)37-20-4-3-19-23(24(20)27)25(35)34(16-30-19)14-18-5-8-32(2)31-18/h3-5,8,12-13,16-17H,6-7,9-11,14-15H2,1-2H3/t17-/m0/s1. The molecule has 1 aromatic carbocycles. The van der Waals surface area contributed by atoms with Crippen LogP contribution in [0.15, 0.2) is 57.8 Å². The molecule has 5 heterocycles. The van der Waals surface area contributed by atoms with E-state index in [1.807, 2.05) is 37.6 Å². The van der Waals surface area contributed by atoms with Crippen molar-refractivity contribution in [3.05, 3.63) is 64.2 Å². The molecule has 37 heavy (non-hydrogen) atoms. The van der Waals surface area contributed by atoms with Crippen LogP contribution in [0, 0.1) is 5.41 Å². The predicted molar refractivity (Wildman–Crippen MR) is 143 cm³/mol. The molecular formula is C26H28ClN7O2S. The molecule has 11 heteroatoms. The van der Waals surface area contributed by atoms with E-state index in [4.69, 9.17) is 16.3 Å². The Kier molecular flexibility index (Phi) is 6.42. The Balaban J connectivity index is 1.18. The van der Waals surface area contributed by atoms with Crippen LogP contribution in [0.5, 0.6) is 0 Å². The zero-order valence-corrected chi connectivity index (χ0v) is 22.4. The maximum absolute atomic E-state index is 13.2. The molecule has 2 aliphatic heterocycles. The first kappa shape index (κ1) is 24.4. The molecule has 3 aromatic heterocycles. The lowest BCUT2D eigenvalue weighted by Gasteiger charge is -2.38. The van der Waals surface area contributed by atoms with Crippen LogP contribution in [-0.4, -0.2) is 55.1 Å². The van der Waals surface area contributed by atoms with Gasteiger partial charge in [-0.1, -0.05) is 23.4 Å². The number of halogens is 1. The highest BCUT2D eigenvalue weighted by Gasteiger charge is 2.41. The number of aryl methyl sites for hydroxylation is 1. The molecule has 9 nitrogen and oxygen atoms in total. The van der Waals surface area contributed by atoms with Gasteiger partial charge in [0.1, 0.15) is 10.8 Å². The van der Waals surface area contributed by atoms with E-state index in [1.165, 1.54) is 22.7 Å². The summed E-state index contributed by atoms with van der Waals surface area (Å²) in [6, 6.07) is 5.56. The molecule has 0 radical (unpaired) electrons. The lowest BCUT2D eigenvalue weighted by Crippen LogP contribution is -2.41. The van der Waals surface area contributed by atoms with Crippen molar-refractivity contribution in [1.29, 1.82) is 0 Å². The minimum absolute atomic E-state index is 0.200. The van der Waals surface area contributed by atoms with Crippen LogP contribution < -0.4 is 10.5 Å². The van der Waals surface area contributed by atoms with Crippen LogP contribution in [0.3, 0.4) is 0 Å². The number of fused-ring (bicyclic) bond motifs is 1. The number of piperidine rings is 1. The molecule has 0 saturated carbocycles. The third-order valence-corrected chi connectivity index (χ3v) is 8.85. The van der Waals surface area contributed by atoms with E-state index in [2.05, 4.69) is 31.9 Å². The highest BCUT2D eigenvalue weighted by atomic mass is 35.5. The molecule has 0 N–H and O–H groups in total. The van der Waals surface area contributed by atoms with E-state index in [-0.39, 0.29) is 5.56 Å². The third kappa shape index (κ3) is 4.85. The number of aromatic nitrogens is 6. The first-order chi connectivity index (χ1) is 17.9. The summed E-state index contributed by atoms with van der Waals surface area (Å²) in [6.45, 7) is 5.29. The number of hydrogen-bond acceptors (Lipinski definition) is 8. The van der Waals surface area contributed by atoms with Crippen LogP contribution in [0.2, 0.25) is 5.02 Å². The zero-order chi connectivity index (χ0) is 25.6. The number of nitrogens with zero attached hydrogens (tertiary/aromatic N) is 7. The summed E-state index contributed by atoms with van der Waals surface area (Å²) in [4.78, 5) is 30.0. The van der Waals surface area contributed by atoms with Crippen molar-refractivity contribution in [3.8, 4) is 0 Å². The van der Waals surface area contributed by atoms with E-state index in [0.29, 0.717) is 39.0 Å². The summed E-state index contributed by atoms with van der Waals surface area (Å²) in [7, 11) is 1.84. The van der Waals surface area contributed by atoms with Crippen LogP contribution in [0.25, 0.3) is 10.9 Å². The van der Waals surface area contributed by atoms with Gasteiger partial charge in [-0.05, 0) is 49.8 Å². The molecule has 192 valence electrons. The average Bonchev–Trinajstić information content (AvgIpc) is 3.48. The van der Waals surface area contributed by atoms with Crippen molar-refractivity contribution in [2.24, 2.45) is 12.5 Å². The van der Waals surface area contributed by atoms with Gasteiger partial charge in [0.25, 0.3) is 5.56 Å². The Bertz CT molecular complexity index is 1500. The summed E-state index contributed by atoms with van der Waals surface area (Å²) >= 11 is 8.13. The van der Waals surface area contributed by atoms with Crippen LogP contribution in [0.4, 0.5) is 5.82 Å². The summed E-state index contributed by atoms with van der Waals surface area (Å²) in [5, 5.41) is 5.83. The maximum Gasteiger partial charge on any atom is 0.263 e. The molecule has 0 bridgehead atoms. The monoisotopic (exact) mass is 537 g/mol. The third-order valence-electron chi connectivity index (χ3n) is 7.37. The van der Waals surface area contributed by atoms with Gasteiger partial charge in [0, 0.05) is 31.2 Å². The Morgan fingerprint density at radius 1 is 1.16 bits per heavy atom. The second kappa shape index (κ2) is 9.74. The van der Waals surface area contributed by atoms with Crippen LogP contribution in [-0.2, 0) is 18.3 Å². The van der Waals surface area contributed by atoms with Gasteiger partial charge >= 0.3 is 0 Å². The first-order valence-corrected chi connectivity index (χ1v) is 13.6. The second-order valence-electron chi connectivity index (χ2n) is 10.1. The van der Waals surface area contributed by atoms with Gasteiger partial charge in [0.05, 0.1) is 59.6 Å². The largest absolute Gasteiger partial charge is 0.378 e. The second-order valence-corrected chi connectivity index (χ2v) is 11.5. The van der Waals surface area contributed by atoms with Crippen molar-refractivity contribution in [3.63, 3.8) is 0 Å². The topological polar surface area (TPSA) is 91.0 Å². The normalized spacial score (nSPS) is 19.2. The molecule has 0 aliphatic carbocycles. The minimum Gasteiger partial charge on any atom is -0.378 e. The van der Waals surface area contributed by atoms with Crippen molar-refractivity contribution < 1.29 is 4.74 Å². The van der Waals surface area contributed by atoms with E-state index < -0.39 is 0 Å². The molecule has 6 rings (SSSR count). The molecule has 2 aliphatic rings. The van der Waals surface area contributed by atoms with E-state index in [1.54, 1.807) is 10.9 Å².